The molecule has 0 amide bonds. The third-order valence-electron chi connectivity index (χ3n) is 5.90. The Morgan fingerprint density at radius 3 is 2.63 bits per heavy atom. The van der Waals surface area contributed by atoms with Crippen molar-refractivity contribution in [2.24, 2.45) is 4.99 Å². The van der Waals surface area contributed by atoms with Gasteiger partial charge in [0.25, 0.3) is 0 Å². The highest BCUT2D eigenvalue weighted by Gasteiger charge is 2.25. The van der Waals surface area contributed by atoms with Gasteiger partial charge in [-0.25, -0.2) is 0 Å². The summed E-state index contributed by atoms with van der Waals surface area (Å²) in [6, 6.07) is 11.0. The third-order valence-corrected chi connectivity index (χ3v) is 6.83. The second-order valence-electron chi connectivity index (χ2n) is 8.53. The van der Waals surface area contributed by atoms with Gasteiger partial charge >= 0.3 is 0 Å². The molecule has 1 aromatic heterocycles. The van der Waals surface area contributed by atoms with E-state index in [0.29, 0.717) is 19.3 Å². The molecule has 4 rings (SSSR count). The van der Waals surface area contributed by atoms with Gasteiger partial charge in [0.05, 0.1) is 5.00 Å². The molecule has 162 valence electrons. The summed E-state index contributed by atoms with van der Waals surface area (Å²) in [6.45, 7) is 8.63. The van der Waals surface area contributed by atoms with Crippen LogP contribution in [0.4, 0.5) is 5.00 Å². The van der Waals surface area contributed by atoms with E-state index in [9.17, 15) is 0 Å². The Balaban J connectivity index is 1.30. The van der Waals surface area contributed by atoms with Crippen molar-refractivity contribution in [2.75, 3.05) is 44.8 Å². The fraction of sp³-hybridized carbons (Fsp3) is 0.522. The molecule has 0 spiro atoms. The third kappa shape index (κ3) is 4.83. The van der Waals surface area contributed by atoms with Crippen molar-refractivity contribution >= 4 is 22.3 Å². The molecule has 30 heavy (non-hydrogen) atoms. The van der Waals surface area contributed by atoms with Gasteiger partial charge in [-0.15, -0.1) is 11.3 Å². The van der Waals surface area contributed by atoms with Gasteiger partial charge in [0.15, 0.2) is 17.5 Å². The van der Waals surface area contributed by atoms with E-state index in [1.807, 2.05) is 24.5 Å². The number of rotatable bonds is 5. The first kappa shape index (κ1) is 20.8. The van der Waals surface area contributed by atoms with Crippen LogP contribution in [0.5, 0.6) is 11.5 Å². The molecule has 6 nitrogen and oxygen atoms in total. The predicted molar refractivity (Wildman–Crippen MR) is 125 cm³/mol. The minimum atomic E-state index is -0.0734. The zero-order chi connectivity index (χ0) is 21.0. The van der Waals surface area contributed by atoms with Crippen LogP contribution in [-0.4, -0.2) is 51.9 Å². The van der Waals surface area contributed by atoms with E-state index >= 15 is 0 Å². The van der Waals surface area contributed by atoms with Crippen LogP contribution in [0.25, 0.3) is 0 Å². The van der Waals surface area contributed by atoms with Gasteiger partial charge in [-0.2, -0.15) is 0 Å². The largest absolute Gasteiger partial charge is 0.486 e. The van der Waals surface area contributed by atoms with Crippen LogP contribution < -0.4 is 25.0 Å². The predicted octanol–water partition coefficient (Wildman–Crippen LogP) is 3.63. The Morgan fingerprint density at radius 2 is 1.93 bits per heavy atom. The van der Waals surface area contributed by atoms with E-state index in [-0.39, 0.29) is 5.41 Å². The molecule has 2 N–H and O–H groups in total. The van der Waals surface area contributed by atoms with Crippen molar-refractivity contribution < 1.29 is 9.47 Å². The number of ether oxygens (including phenoxy) is 2. The molecule has 3 heterocycles. The van der Waals surface area contributed by atoms with E-state index in [1.165, 1.54) is 10.6 Å². The molecule has 2 aliphatic rings. The van der Waals surface area contributed by atoms with Crippen molar-refractivity contribution in [1.29, 1.82) is 0 Å². The summed E-state index contributed by atoms with van der Waals surface area (Å²) >= 11 is 1.82. The monoisotopic (exact) mass is 428 g/mol. The molecular formula is C23H32N4O2S. The number of fused-ring (bicyclic) bond motifs is 1. The van der Waals surface area contributed by atoms with Gasteiger partial charge in [-0.3, -0.25) is 4.99 Å². The molecule has 2 aromatic rings. The van der Waals surface area contributed by atoms with Crippen LogP contribution >= 0.6 is 11.3 Å². The topological polar surface area (TPSA) is 58.1 Å². The number of benzene rings is 1. The second-order valence-corrected chi connectivity index (χ2v) is 9.45. The maximum absolute atomic E-state index is 5.76. The van der Waals surface area contributed by atoms with Crippen LogP contribution in [0, 0.1) is 0 Å². The summed E-state index contributed by atoms with van der Waals surface area (Å²) < 4.78 is 11.4. The van der Waals surface area contributed by atoms with Gasteiger partial charge in [-0.1, -0.05) is 19.9 Å². The lowest BCUT2D eigenvalue weighted by atomic mass is 9.84. The van der Waals surface area contributed by atoms with Gasteiger partial charge in [0.1, 0.15) is 13.2 Å². The Kier molecular flexibility index (Phi) is 6.37. The lowest BCUT2D eigenvalue weighted by Gasteiger charge is -2.34. The number of aliphatic imine (C=N–C) groups is 1. The number of hydrogen-bond donors (Lipinski definition) is 2. The van der Waals surface area contributed by atoms with E-state index in [0.717, 1.165) is 49.9 Å². The Bertz CT molecular complexity index is 858. The maximum atomic E-state index is 5.76. The SMILES string of the molecule is CN=C(NCC(C)(C)c1ccc2c(c1)OCCO2)NC1CCN(c2cccs2)CC1. The van der Waals surface area contributed by atoms with Crippen molar-refractivity contribution in [2.45, 2.75) is 38.1 Å². The minimum absolute atomic E-state index is 0.0734. The van der Waals surface area contributed by atoms with Gasteiger partial charge in [0.2, 0.25) is 0 Å². The Morgan fingerprint density at radius 1 is 1.17 bits per heavy atom. The maximum Gasteiger partial charge on any atom is 0.191 e. The molecule has 1 saturated heterocycles. The van der Waals surface area contributed by atoms with Crippen LogP contribution in [0.2, 0.25) is 0 Å². The minimum Gasteiger partial charge on any atom is -0.486 e. The molecule has 1 fully saturated rings. The van der Waals surface area contributed by atoms with Crippen LogP contribution in [-0.2, 0) is 5.41 Å². The first-order valence-corrected chi connectivity index (χ1v) is 11.6. The average Bonchev–Trinajstić information content (AvgIpc) is 3.31. The number of guanidine groups is 1. The molecule has 1 aromatic carbocycles. The first-order valence-electron chi connectivity index (χ1n) is 10.7. The zero-order valence-corrected chi connectivity index (χ0v) is 18.9. The van der Waals surface area contributed by atoms with Crippen molar-refractivity contribution in [1.82, 2.24) is 10.6 Å². The van der Waals surface area contributed by atoms with Gasteiger partial charge in [0, 0.05) is 38.1 Å². The Hall–Kier alpha value is -2.41. The van der Waals surface area contributed by atoms with E-state index < -0.39 is 0 Å². The number of nitrogens with one attached hydrogen (secondary N) is 2. The number of piperidine rings is 1. The standard InChI is InChI=1S/C23H32N4O2S/c1-23(2,17-6-7-19-20(15-17)29-13-12-28-19)16-25-22(24-3)26-18-8-10-27(11-9-18)21-5-4-14-30-21/h4-7,14-15,18H,8-13,16H2,1-3H3,(H2,24,25,26). The summed E-state index contributed by atoms with van der Waals surface area (Å²) in [5, 5.41) is 10.7. The van der Waals surface area contributed by atoms with Gasteiger partial charge < -0.3 is 25.0 Å². The molecule has 0 atom stereocenters. The van der Waals surface area contributed by atoms with Crippen LogP contribution in [0.1, 0.15) is 32.3 Å². The molecular weight excluding hydrogens is 396 g/mol. The van der Waals surface area contributed by atoms with Crippen LogP contribution in [0.3, 0.4) is 0 Å². The molecule has 0 radical (unpaired) electrons. The van der Waals surface area contributed by atoms with E-state index in [2.05, 4.69) is 64.0 Å². The van der Waals surface area contributed by atoms with Crippen molar-refractivity contribution in [3.05, 3.63) is 41.3 Å². The van der Waals surface area contributed by atoms with Crippen LogP contribution in [0.15, 0.2) is 40.7 Å². The first-order chi connectivity index (χ1) is 14.5. The number of anilines is 1. The quantitative estimate of drug-likeness (QED) is 0.563. The molecule has 2 aliphatic heterocycles. The summed E-state index contributed by atoms with van der Waals surface area (Å²) in [6.07, 6.45) is 2.23. The summed E-state index contributed by atoms with van der Waals surface area (Å²) in [7, 11) is 1.84. The highest BCUT2D eigenvalue weighted by atomic mass is 32.1. The van der Waals surface area contributed by atoms with Gasteiger partial charge in [-0.05, 0) is 48.1 Å². The molecule has 0 saturated carbocycles. The molecule has 0 bridgehead atoms. The number of hydrogen-bond acceptors (Lipinski definition) is 5. The highest BCUT2D eigenvalue weighted by molar-refractivity contribution is 7.14. The zero-order valence-electron chi connectivity index (χ0n) is 18.1. The van der Waals surface area contributed by atoms with E-state index in [4.69, 9.17) is 9.47 Å². The smallest absolute Gasteiger partial charge is 0.191 e. The highest BCUT2D eigenvalue weighted by Crippen LogP contribution is 2.35. The fourth-order valence-electron chi connectivity index (χ4n) is 3.95. The summed E-state index contributed by atoms with van der Waals surface area (Å²) in [5.74, 6) is 2.54. The summed E-state index contributed by atoms with van der Waals surface area (Å²) in [4.78, 5) is 6.93. The normalized spacial score (nSPS) is 17.7. The molecule has 0 aliphatic carbocycles. The lowest BCUT2D eigenvalue weighted by molar-refractivity contribution is 0.171. The average molecular weight is 429 g/mol. The van der Waals surface area contributed by atoms with E-state index in [1.54, 1.807) is 0 Å². The molecule has 0 unspecified atom stereocenters. The number of nitrogens with zero attached hydrogens (tertiary/aromatic N) is 2. The molecule has 7 heteroatoms. The number of thiophene rings is 1. The second kappa shape index (κ2) is 9.16. The summed E-state index contributed by atoms with van der Waals surface area (Å²) in [5.41, 5.74) is 1.15. The lowest BCUT2D eigenvalue weighted by Crippen LogP contribution is -2.50. The Labute approximate surface area is 183 Å². The van der Waals surface area contributed by atoms with Crippen molar-refractivity contribution in [3.8, 4) is 11.5 Å². The fourth-order valence-corrected chi connectivity index (χ4v) is 4.74. The van der Waals surface area contributed by atoms with Crippen molar-refractivity contribution in [3.63, 3.8) is 0 Å².